The van der Waals surface area contributed by atoms with Crippen LogP contribution in [0.1, 0.15) is 17.0 Å². The summed E-state index contributed by atoms with van der Waals surface area (Å²) in [6.07, 6.45) is 0.00336. The van der Waals surface area contributed by atoms with Crippen molar-refractivity contribution in [3.8, 4) is 11.5 Å². The largest absolute Gasteiger partial charge is 0.441 e. The molecule has 144 valence electrons. The number of nitrogens with zero attached hydrogens (tertiary/aromatic N) is 1. The zero-order chi connectivity index (χ0) is 20.1. The maximum atomic E-state index is 13.1. The summed E-state index contributed by atoms with van der Waals surface area (Å²) in [6, 6.07) is 12.9. The number of hydrogen-bond donors (Lipinski definition) is 2. The molecule has 2 aromatic carbocycles. The van der Waals surface area contributed by atoms with E-state index >= 15 is 0 Å². The van der Waals surface area contributed by atoms with Gasteiger partial charge in [0.05, 0.1) is 18.7 Å². The van der Waals surface area contributed by atoms with E-state index in [0.717, 1.165) is 17.0 Å². The maximum Gasteiger partial charge on any atom is 0.243 e. The van der Waals surface area contributed by atoms with Crippen LogP contribution >= 0.6 is 0 Å². The van der Waals surface area contributed by atoms with Gasteiger partial charge in [0, 0.05) is 11.3 Å². The molecule has 6 nitrogen and oxygen atoms in total. The Morgan fingerprint density at radius 1 is 1.07 bits per heavy atom. The Hall–Kier alpha value is -3.48. The predicted molar refractivity (Wildman–Crippen MR) is 103 cm³/mol. The number of aromatic nitrogens is 1. The van der Waals surface area contributed by atoms with Crippen molar-refractivity contribution in [2.45, 2.75) is 20.3 Å². The molecule has 3 aromatic rings. The van der Waals surface area contributed by atoms with Gasteiger partial charge in [-0.3, -0.25) is 9.59 Å². The Bertz CT molecular complexity index is 994. The van der Waals surface area contributed by atoms with Crippen LogP contribution in [0.3, 0.4) is 0 Å². The highest BCUT2D eigenvalue weighted by molar-refractivity contribution is 5.95. The second kappa shape index (κ2) is 8.47. The van der Waals surface area contributed by atoms with Crippen LogP contribution in [-0.2, 0) is 16.0 Å². The van der Waals surface area contributed by atoms with E-state index in [0.29, 0.717) is 17.1 Å². The molecule has 7 heteroatoms. The number of nitrogens with one attached hydrogen (secondary N) is 2. The first-order chi connectivity index (χ1) is 13.4. The van der Waals surface area contributed by atoms with Crippen LogP contribution in [0, 0.1) is 19.7 Å². The minimum Gasteiger partial charge on any atom is -0.441 e. The highest BCUT2D eigenvalue weighted by Gasteiger charge is 2.11. The van der Waals surface area contributed by atoms with Gasteiger partial charge in [0.2, 0.25) is 17.7 Å². The van der Waals surface area contributed by atoms with Crippen LogP contribution in [0.2, 0.25) is 0 Å². The van der Waals surface area contributed by atoms with E-state index in [1.165, 1.54) is 18.2 Å². The van der Waals surface area contributed by atoms with Crippen molar-refractivity contribution in [1.82, 2.24) is 10.3 Å². The number of anilines is 1. The van der Waals surface area contributed by atoms with Crippen LogP contribution in [0.25, 0.3) is 11.5 Å². The average Bonchev–Trinajstić information content (AvgIpc) is 2.99. The molecule has 3 rings (SSSR count). The van der Waals surface area contributed by atoms with Gasteiger partial charge in [-0.15, -0.1) is 0 Å². The molecule has 0 atom stereocenters. The maximum absolute atomic E-state index is 13.1. The third-order valence-corrected chi connectivity index (χ3v) is 4.12. The van der Waals surface area contributed by atoms with Crippen molar-refractivity contribution in [2.75, 3.05) is 11.9 Å². The molecule has 0 aliphatic carbocycles. The molecule has 0 fully saturated rings. The number of oxazole rings is 1. The Kier molecular flexibility index (Phi) is 5.84. The van der Waals surface area contributed by atoms with Gasteiger partial charge in [-0.2, -0.15) is 0 Å². The van der Waals surface area contributed by atoms with Gasteiger partial charge in [0.15, 0.2) is 0 Å². The number of carbonyl (C=O) groups is 2. The summed E-state index contributed by atoms with van der Waals surface area (Å²) in [5.74, 6) is 0.0871. The summed E-state index contributed by atoms with van der Waals surface area (Å²) in [4.78, 5) is 28.4. The summed E-state index contributed by atoms with van der Waals surface area (Å²) in [6.45, 7) is 3.51. The van der Waals surface area contributed by atoms with Crippen LogP contribution in [0.4, 0.5) is 10.1 Å². The van der Waals surface area contributed by atoms with Gasteiger partial charge in [-0.05, 0) is 49.7 Å². The number of carbonyl (C=O) groups excluding carboxylic acids is 2. The average molecular weight is 381 g/mol. The summed E-state index contributed by atoms with van der Waals surface area (Å²) < 4.78 is 18.7. The molecule has 0 unspecified atom stereocenters. The smallest absolute Gasteiger partial charge is 0.243 e. The highest BCUT2D eigenvalue weighted by Crippen LogP contribution is 2.23. The number of hydrogen-bond acceptors (Lipinski definition) is 4. The zero-order valence-corrected chi connectivity index (χ0v) is 15.6. The number of benzene rings is 2. The Balaban J connectivity index is 1.54. The monoisotopic (exact) mass is 381 g/mol. The van der Waals surface area contributed by atoms with Crippen LogP contribution in [-0.4, -0.2) is 23.3 Å². The van der Waals surface area contributed by atoms with E-state index in [2.05, 4.69) is 15.6 Å². The Labute approximate surface area is 161 Å². The minimum atomic E-state index is -0.403. The van der Waals surface area contributed by atoms with Gasteiger partial charge in [-0.1, -0.05) is 18.2 Å². The van der Waals surface area contributed by atoms with Gasteiger partial charge < -0.3 is 15.1 Å². The fourth-order valence-electron chi connectivity index (χ4n) is 2.61. The summed E-state index contributed by atoms with van der Waals surface area (Å²) in [7, 11) is 0. The van der Waals surface area contributed by atoms with Gasteiger partial charge >= 0.3 is 0 Å². The molecule has 1 heterocycles. The first kappa shape index (κ1) is 19.3. The highest BCUT2D eigenvalue weighted by atomic mass is 19.1. The fraction of sp³-hybridized carbons (Fsp3) is 0.190. The van der Waals surface area contributed by atoms with E-state index < -0.39 is 5.82 Å². The number of aryl methyl sites for hydroxylation is 2. The molecule has 1 aromatic heterocycles. The van der Waals surface area contributed by atoms with Crippen LogP contribution in [0.5, 0.6) is 0 Å². The first-order valence-electron chi connectivity index (χ1n) is 8.76. The van der Waals surface area contributed by atoms with Crippen LogP contribution < -0.4 is 10.6 Å². The van der Waals surface area contributed by atoms with Crippen LogP contribution in [0.15, 0.2) is 52.9 Å². The summed E-state index contributed by atoms with van der Waals surface area (Å²) in [5, 5.41) is 5.24. The summed E-state index contributed by atoms with van der Waals surface area (Å²) >= 11 is 0. The standard InChI is InChI=1S/C21H20FN3O3/c1-13-14(2)28-21(24-13)16-6-4-8-18(11-16)25-20(27)12-23-19(26)10-15-5-3-7-17(22)9-15/h3-9,11H,10,12H2,1-2H3,(H,23,26)(H,25,27). The molecule has 0 radical (unpaired) electrons. The first-order valence-corrected chi connectivity index (χ1v) is 8.76. The number of amides is 2. The third kappa shape index (κ3) is 5.03. The normalized spacial score (nSPS) is 10.5. The van der Waals surface area contributed by atoms with Gasteiger partial charge in [0.25, 0.3) is 0 Å². The lowest BCUT2D eigenvalue weighted by Gasteiger charge is -2.08. The van der Waals surface area contributed by atoms with Gasteiger partial charge in [-0.25, -0.2) is 9.37 Å². The Morgan fingerprint density at radius 3 is 2.57 bits per heavy atom. The second-order valence-corrected chi connectivity index (χ2v) is 6.37. The number of halogens is 1. The van der Waals surface area contributed by atoms with E-state index in [1.54, 1.807) is 24.3 Å². The molecular formula is C21H20FN3O3. The SMILES string of the molecule is Cc1nc(-c2cccc(NC(=O)CNC(=O)Cc3cccc(F)c3)c2)oc1C. The molecule has 0 saturated heterocycles. The van der Waals surface area contributed by atoms with E-state index in [-0.39, 0.29) is 24.8 Å². The molecule has 0 bridgehead atoms. The molecule has 0 aliphatic rings. The van der Waals surface area contributed by atoms with E-state index in [9.17, 15) is 14.0 Å². The van der Waals surface area contributed by atoms with E-state index in [4.69, 9.17) is 4.42 Å². The van der Waals surface area contributed by atoms with E-state index in [1.807, 2.05) is 19.9 Å². The van der Waals surface area contributed by atoms with Gasteiger partial charge in [0.1, 0.15) is 11.6 Å². The zero-order valence-electron chi connectivity index (χ0n) is 15.6. The predicted octanol–water partition coefficient (Wildman–Crippen LogP) is 3.39. The molecule has 2 amide bonds. The lowest BCUT2D eigenvalue weighted by atomic mass is 10.1. The van der Waals surface area contributed by atoms with Crippen molar-refractivity contribution < 1.29 is 18.4 Å². The minimum absolute atomic E-state index is 0.00336. The lowest BCUT2D eigenvalue weighted by molar-refractivity contribution is -0.123. The molecule has 0 aliphatic heterocycles. The third-order valence-electron chi connectivity index (χ3n) is 4.12. The molecule has 2 N–H and O–H groups in total. The Morgan fingerprint density at radius 2 is 1.86 bits per heavy atom. The van der Waals surface area contributed by atoms with Crippen molar-refractivity contribution >= 4 is 17.5 Å². The molecular weight excluding hydrogens is 361 g/mol. The second-order valence-electron chi connectivity index (χ2n) is 6.37. The molecule has 0 saturated carbocycles. The molecule has 0 spiro atoms. The van der Waals surface area contributed by atoms with Crippen molar-refractivity contribution in [3.05, 3.63) is 71.4 Å². The topological polar surface area (TPSA) is 84.2 Å². The van der Waals surface area contributed by atoms with Crippen molar-refractivity contribution in [2.24, 2.45) is 0 Å². The molecule has 28 heavy (non-hydrogen) atoms. The fourth-order valence-corrected chi connectivity index (χ4v) is 2.61. The van der Waals surface area contributed by atoms with Crippen molar-refractivity contribution in [3.63, 3.8) is 0 Å². The summed E-state index contributed by atoms with van der Waals surface area (Å²) in [5.41, 5.74) is 2.66. The quantitative estimate of drug-likeness (QED) is 0.685. The van der Waals surface area contributed by atoms with Crippen molar-refractivity contribution in [1.29, 1.82) is 0 Å². The number of rotatable bonds is 6. The lowest BCUT2D eigenvalue weighted by Crippen LogP contribution is -2.33.